The van der Waals surface area contributed by atoms with E-state index in [0.29, 0.717) is 11.8 Å². The Hall–Kier alpha value is -1.84. The van der Waals surface area contributed by atoms with Crippen LogP contribution in [0.5, 0.6) is 5.75 Å². The molecule has 0 amide bonds. The minimum absolute atomic E-state index is 0.366. The van der Waals surface area contributed by atoms with Crippen molar-refractivity contribution in [2.24, 2.45) is 0 Å². The molecule has 2 aromatic rings. The highest BCUT2D eigenvalue weighted by Gasteiger charge is 2.23. The molecule has 3 rings (SSSR count). The first-order chi connectivity index (χ1) is 11.4. The van der Waals surface area contributed by atoms with Crippen molar-refractivity contribution in [1.82, 2.24) is 9.80 Å². The topological polar surface area (TPSA) is 26.7 Å². The van der Waals surface area contributed by atoms with E-state index < -0.39 is 0 Å². The van der Waals surface area contributed by atoms with Gasteiger partial charge < -0.3 is 10.0 Å². The Kier molecular flexibility index (Phi) is 4.93. The van der Waals surface area contributed by atoms with Gasteiger partial charge in [-0.3, -0.25) is 4.90 Å². The Labute approximate surface area is 145 Å². The van der Waals surface area contributed by atoms with Gasteiger partial charge in [-0.05, 0) is 74.3 Å². The molecular weight excluding hydrogens is 296 g/mol. The highest BCUT2D eigenvalue weighted by atomic mass is 16.3. The summed E-state index contributed by atoms with van der Waals surface area (Å²) in [6.07, 6.45) is 1.01. The second-order valence-electron chi connectivity index (χ2n) is 7.32. The third kappa shape index (κ3) is 3.63. The first-order valence-electron chi connectivity index (χ1n) is 8.68. The molecule has 3 heteroatoms. The van der Waals surface area contributed by atoms with Crippen LogP contribution in [0, 0.1) is 13.8 Å². The molecule has 128 valence electrons. The summed E-state index contributed by atoms with van der Waals surface area (Å²) in [4.78, 5) is 4.87. The van der Waals surface area contributed by atoms with Crippen LogP contribution in [0.2, 0.25) is 0 Å². The van der Waals surface area contributed by atoms with E-state index in [1.807, 2.05) is 12.1 Å². The monoisotopic (exact) mass is 324 g/mol. The van der Waals surface area contributed by atoms with Gasteiger partial charge in [-0.15, -0.1) is 0 Å². The molecule has 1 aliphatic heterocycles. The normalized spacial score (nSPS) is 15.7. The van der Waals surface area contributed by atoms with Crippen molar-refractivity contribution in [1.29, 1.82) is 0 Å². The number of phenols is 1. The van der Waals surface area contributed by atoms with Gasteiger partial charge in [-0.1, -0.05) is 24.3 Å². The fraction of sp³-hybridized carbons (Fsp3) is 0.429. The van der Waals surface area contributed by atoms with E-state index in [1.165, 1.54) is 27.8 Å². The maximum absolute atomic E-state index is 9.77. The van der Waals surface area contributed by atoms with Gasteiger partial charge in [0.25, 0.3) is 0 Å². The fourth-order valence-corrected chi connectivity index (χ4v) is 3.77. The fourth-order valence-electron chi connectivity index (χ4n) is 3.77. The molecule has 1 N–H and O–H groups in total. The average molecular weight is 324 g/mol. The van der Waals surface area contributed by atoms with E-state index in [4.69, 9.17) is 0 Å². The number of aromatic hydroxyl groups is 1. The molecule has 1 aliphatic rings. The first kappa shape index (κ1) is 17.0. The summed E-state index contributed by atoms with van der Waals surface area (Å²) in [5.41, 5.74) is 6.66. The number of hydrogen-bond donors (Lipinski definition) is 1. The number of rotatable bonds is 5. The molecule has 0 spiro atoms. The third-order valence-electron chi connectivity index (χ3n) is 5.23. The molecule has 0 fully saturated rings. The Morgan fingerprint density at radius 1 is 1.04 bits per heavy atom. The lowest BCUT2D eigenvalue weighted by Crippen LogP contribution is -2.40. The lowest BCUT2D eigenvalue weighted by Gasteiger charge is -2.30. The molecule has 3 nitrogen and oxygen atoms in total. The predicted molar refractivity (Wildman–Crippen MR) is 99.3 cm³/mol. The lowest BCUT2D eigenvalue weighted by atomic mass is 9.95. The van der Waals surface area contributed by atoms with Crippen molar-refractivity contribution < 1.29 is 5.11 Å². The molecule has 0 bridgehead atoms. The van der Waals surface area contributed by atoms with E-state index in [0.717, 1.165) is 26.1 Å². The average Bonchev–Trinajstić information content (AvgIpc) is 2.91. The Balaban J connectivity index is 1.73. The van der Waals surface area contributed by atoms with Crippen LogP contribution in [0.4, 0.5) is 0 Å². The number of nitrogens with zero attached hydrogens (tertiary/aromatic N) is 2. The zero-order valence-electron chi connectivity index (χ0n) is 15.2. The molecule has 24 heavy (non-hydrogen) atoms. The number of fused-ring (bicyclic) bond motifs is 1. The van der Waals surface area contributed by atoms with Crippen LogP contribution in [-0.2, 0) is 19.5 Å². The van der Waals surface area contributed by atoms with Crippen LogP contribution < -0.4 is 0 Å². The van der Waals surface area contributed by atoms with Crippen molar-refractivity contribution in [2.45, 2.75) is 39.4 Å². The van der Waals surface area contributed by atoms with Crippen molar-refractivity contribution in [2.75, 3.05) is 20.6 Å². The van der Waals surface area contributed by atoms with Crippen molar-refractivity contribution in [3.05, 3.63) is 64.2 Å². The molecule has 1 atom stereocenters. The predicted octanol–water partition coefficient (Wildman–Crippen LogP) is 3.50. The second-order valence-corrected chi connectivity index (χ2v) is 7.32. The Morgan fingerprint density at radius 2 is 1.58 bits per heavy atom. The number of benzene rings is 2. The smallest absolute Gasteiger partial charge is 0.116 e. The summed E-state index contributed by atoms with van der Waals surface area (Å²) in [6.45, 7) is 7.35. The maximum atomic E-state index is 9.77. The lowest BCUT2D eigenvalue weighted by molar-refractivity contribution is 0.182. The van der Waals surface area contributed by atoms with Gasteiger partial charge in [0.2, 0.25) is 0 Å². The standard InChI is InChI=1S/C21H28N2O/c1-15-9-20(24)10-16(2)21(15)11-19(22(3)4)14-23-12-17-7-5-6-8-18(17)13-23/h5-10,19,24H,11-14H2,1-4H3/t19-/m0/s1. The summed E-state index contributed by atoms with van der Waals surface area (Å²) in [6, 6.07) is 13.0. The summed E-state index contributed by atoms with van der Waals surface area (Å²) in [5.74, 6) is 0.366. The highest BCUT2D eigenvalue weighted by Crippen LogP contribution is 2.26. The quantitative estimate of drug-likeness (QED) is 0.912. The number of aryl methyl sites for hydroxylation is 2. The molecule has 0 aromatic heterocycles. The van der Waals surface area contributed by atoms with E-state index in [-0.39, 0.29) is 0 Å². The van der Waals surface area contributed by atoms with Crippen molar-refractivity contribution in [3.8, 4) is 5.75 Å². The van der Waals surface area contributed by atoms with Gasteiger partial charge in [-0.25, -0.2) is 0 Å². The summed E-state index contributed by atoms with van der Waals surface area (Å²) < 4.78 is 0. The Morgan fingerprint density at radius 3 is 2.08 bits per heavy atom. The van der Waals surface area contributed by atoms with Gasteiger partial charge in [0.1, 0.15) is 5.75 Å². The minimum Gasteiger partial charge on any atom is -0.508 e. The first-order valence-corrected chi connectivity index (χ1v) is 8.68. The van der Waals surface area contributed by atoms with Crippen molar-refractivity contribution in [3.63, 3.8) is 0 Å². The zero-order chi connectivity index (χ0) is 17.3. The SMILES string of the molecule is Cc1cc(O)cc(C)c1C[C@@H](CN1Cc2ccccc2C1)N(C)C. The maximum Gasteiger partial charge on any atom is 0.116 e. The van der Waals surface area contributed by atoms with Crippen molar-refractivity contribution >= 4 is 0 Å². The molecule has 1 heterocycles. The second kappa shape index (κ2) is 6.96. The molecular formula is C21H28N2O. The summed E-state index contributed by atoms with van der Waals surface area (Å²) >= 11 is 0. The number of hydrogen-bond acceptors (Lipinski definition) is 3. The minimum atomic E-state index is 0.366. The molecule has 0 radical (unpaired) electrons. The van der Waals surface area contributed by atoms with E-state index >= 15 is 0 Å². The van der Waals surface area contributed by atoms with Gasteiger partial charge in [0, 0.05) is 25.7 Å². The molecule has 2 aromatic carbocycles. The van der Waals surface area contributed by atoms with Crippen LogP contribution in [0.15, 0.2) is 36.4 Å². The van der Waals surface area contributed by atoms with Crippen LogP contribution in [0.25, 0.3) is 0 Å². The highest BCUT2D eigenvalue weighted by molar-refractivity contribution is 5.41. The number of likely N-dealkylation sites (N-methyl/N-ethyl adjacent to an activating group) is 1. The van der Waals surface area contributed by atoms with Crippen LogP contribution >= 0.6 is 0 Å². The summed E-state index contributed by atoms with van der Waals surface area (Å²) in [5, 5.41) is 9.77. The van der Waals surface area contributed by atoms with Gasteiger partial charge in [0.05, 0.1) is 0 Å². The van der Waals surface area contributed by atoms with Gasteiger partial charge >= 0.3 is 0 Å². The third-order valence-corrected chi connectivity index (χ3v) is 5.23. The molecule has 0 saturated carbocycles. The number of phenolic OH excluding ortho intramolecular Hbond substituents is 1. The largest absolute Gasteiger partial charge is 0.508 e. The molecule has 0 aliphatic carbocycles. The van der Waals surface area contributed by atoms with E-state index in [1.54, 1.807) is 0 Å². The van der Waals surface area contributed by atoms with Crippen LogP contribution in [0.3, 0.4) is 0 Å². The van der Waals surface area contributed by atoms with E-state index in [9.17, 15) is 5.11 Å². The summed E-state index contributed by atoms with van der Waals surface area (Å²) in [7, 11) is 4.33. The van der Waals surface area contributed by atoms with Gasteiger partial charge in [-0.2, -0.15) is 0 Å². The zero-order valence-corrected chi connectivity index (χ0v) is 15.2. The van der Waals surface area contributed by atoms with Crippen LogP contribution in [0.1, 0.15) is 27.8 Å². The Bertz CT molecular complexity index is 676. The molecule has 0 unspecified atom stereocenters. The van der Waals surface area contributed by atoms with Crippen LogP contribution in [-0.4, -0.2) is 41.6 Å². The van der Waals surface area contributed by atoms with Gasteiger partial charge in [0.15, 0.2) is 0 Å². The van der Waals surface area contributed by atoms with E-state index in [2.05, 4.69) is 62.0 Å². The molecule has 0 saturated heterocycles.